The number of nitrogens with one attached hydrogen (secondary N) is 1. The van der Waals surface area contributed by atoms with Crippen molar-refractivity contribution in [2.75, 3.05) is 7.11 Å². The van der Waals surface area contributed by atoms with Gasteiger partial charge in [-0.15, -0.1) is 0 Å². The molecule has 4 rings (SSSR count). The molecule has 7 nitrogen and oxygen atoms in total. The molecule has 0 unspecified atom stereocenters. The molecule has 0 aliphatic rings. The summed E-state index contributed by atoms with van der Waals surface area (Å²) < 4.78 is 16.2. The molecule has 0 atom stereocenters. The van der Waals surface area contributed by atoms with E-state index < -0.39 is 5.91 Å². The summed E-state index contributed by atoms with van der Waals surface area (Å²) in [6.07, 6.45) is 0. The normalized spacial score (nSPS) is 10.9. The van der Waals surface area contributed by atoms with Crippen molar-refractivity contribution in [3.05, 3.63) is 65.5 Å². The minimum Gasteiger partial charge on any atom is -0.497 e. The van der Waals surface area contributed by atoms with E-state index in [-0.39, 0.29) is 11.7 Å². The number of furan rings is 1. The van der Waals surface area contributed by atoms with E-state index in [2.05, 4.69) is 15.5 Å². The number of amides is 1. The zero-order chi connectivity index (χ0) is 18.8. The van der Waals surface area contributed by atoms with Crippen LogP contribution in [-0.4, -0.2) is 23.2 Å². The molecule has 2 aromatic heterocycles. The molecular formula is C20H17N3O4. The highest BCUT2D eigenvalue weighted by atomic mass is 16.5. The number of hydrogen-bond donors (Lipinski definition) is 1. The van der Waals surface area contributed by atoms with Crippen LogP contribution in [0.15, 0.2) is 57.5 Å². The first kappa shape index (κ1) is 16.8. The number of rotatable bonds is 5. The van der Waals surface area contributed by atoms with Gasteiger partial charge in [0.15, 0.2) is 5.76 Å². The number of nitrogens with zero attached hydrogens (tertiary/aromatic N) is 2. The van der Waals surface area contributed by atoms with Gasteiger partial charge in [0, 0.05) is 17.5 Å². The average molecular weight is 363 g/mol. The van der Waals surface area contributed by atoms with Crippen molar-refractivity contribution in [3.63, 3.8) is 0 Å². The quantitative estimate of drug-likeness (QED) is 0.581. The van der Waals surface area contributed by atoms with Crippen molar-refractivity contribution in [3.8, 4) is 17.3 Å². The molecular weight excluding hydrogens is 346 g/mol. The van der Waals surface area contributed by atoms with Crippen molar-refractivity contribution in [1.82, 2.24) is 15.5 Å². The van der Waals surface area contributed by atoms with Gasteiger partial charge < -0.3 is 19.0 Å². The lowest BCUT2D eigenvalue weighted by Gasteiger charge is -2.01. The second-order valence-corrected chi connectivity index (χ2v) is 6.01. The van der Waals surface area contributed by atoms with Crippen molar-refractivity contribution in [1.29, 1.82) is 0 Å². The van der Waals surface area contributed by atoms with E-state index in [0.29, 0.717) is 17.9 Å². The minimum absolute atomic E-state index is 0.113. The van der Waals surface area contributed by atoms with Gasteiger partial charge in [-0.25, -0.2) is 0 Å². The zero-order valence-corrected chi connectivity index (χ0v) is 14.9. The first-order valence-electron chi connectivity index (χ1n) is 8.39. The molecule has 0 saturated heterocycles. The molecule has 2 heterocycles. The van der Waals surface area contributed by atoms with Crippen LogP contribution < -0.4 is 10.1 Å². The van der Waals surface area contributed by atoms with Gasteiger partial charge in [-0.2, -0.15) is 4.98 Å². The van der Waals surface area contributed by atoms with Gasteiger partial charge in [-0.1, -0.05) is 35.5 Å². The SMILES string of the molecule is COc1ccc2oc(-c3noc(C(=O)NCc4ccccc4)n3)c(C)c2c1. The minimum atomic E-state index is -0.437. The molecule has 7 heteroatoms. The fourth-order valence-corrected chi connectivity index (χ4v) is 2.80. The molecule has 0 aliphatic heterocycles. The summed E-state index contributed by atoms with van der Waals surface area (Å²) in [5.74, 6) is 0.870. The smallest absolute Gasteiger partial charge is 0.316 e. The maximum atomic E-state index is 12.2. The van der Waals surface area contributed by atoms with Crippen molar-refractivity contribution >= 4 is 16.9 Å². The first-order chi connectivity index (χ1) is 13.2. The van der Waals surface area contributed by atoms with Crippen LogP contribution in [0, 0.1) is 6.92 Å². The van der Waals surface area contributed by atoms with Crippen LogP contribution >= 0.6 is 0 Å². The van der Waals surface area contributed by atoms with Crippen molar-refractivity contribution < 1.29 is 18.5 Å². The monoisotopic (exact) mass is 363 g/mol. The number of ether oxygens (including phenoxy) is 1. The predicted octanol–water partition coefficient (Wildman–Crippen LogP) is 3.73. The van der Waals surface area contributed by atoms with Gasteiger partial charge in [-0.05, 0) is 30.7 Å². The molecule has 0 fully saturated rings. The van der Waals surface area contributed by atoms with Crippen LogP contribution in [0.2, 0.25) is 0 Å². The maximum Gasteiger partial charge on any atom is 0.316 e. The molecule has 1 amide bonds. The zero-order valence-electron chi connectivity index (χ0n) is 14.9. The average Bonchev–Trinajstić information content (AvgIpc) is 3.32. The fraction of sp³-hybridized carbons (Fsp3) is 0.150. The van der Waals surface area contributed by atoms with Gasteiger partial charge in [0.05, 0.1) is 7.11 Å². The Kier molecular flexibility index (Phi) is 4.33. The van der Waals surface area contributed by atoms with E-state index in [0.717, 1.165) is 22.3 Å². The Balaban J connectivity index is 1.56. The number of fused-ring (bicyclic) bond motifs is 1. The topological polar surface area (TPSA) is 90.4 Å². The lowest BCUT2D eigenvalue weighted by molar-refractivity contribution is 0.0907. The van der Waals surface area contributed by atoms with Crippen molar-refractivity contribution in [2.24, 2.45) is 0 Å². The van der Waals surface area contributed by atoms with Crippen molar-refractivity contribution in [2.45, 2.75) is 13.5 Å². The lowest BCUT2D eigenvalue weighted by atomic mass is 10.1. The molecule has 4 aromatic rings. The van der Waals surface area contributed by atoms with E-state index in [4.69, 9.17) is 13.7 Å². The molecule has 1 N–H and O–H groups in total. The van der Waals surface area contributed by atoms with E-state index in [1.807, 2.05) is 55.5 Å². The van der Waals surface area contributed by atoms with E-state index in [1.165, 1.54) is 0 Å². The third-order valence-corrected chi connectivity index (χ3v) is 4.26. The summed E-state index contributed by atoms with van der Waals surface area (Å²) in [5, 5.41) is 7.54. The number of aryl methyl sites for hydroxylation is 1. The number of carbonyl (C=O) groups excluding carboxylic acids is 1. The predicted molar refractivity (Wildman–Crippen MR) is 98.4 cm³/mol. The van der Waals surface area contributed by atoms with Crippen LogP contribution in [0.25, 0.3) is 22.6 Å². The Labute approximate surface area is 154 Å². The second-order valence-electron chi connectivity index (χ2n) is 6.01. The van der Waals surface area contributed by atoms with Crippen LogP contribution in [0.1, 0.15) is 21.8 Å². The maximum absolute atomic E-state index is 12.2. The number of aromatic nitrogens is 2. The van der Waals surface area contributed by atoms with Crippen LogP contribution in [0.5, 0.6) is 5.75 Å². The molecule has 0 saturated carbocycles. The second kappa shape index (κ2) is 6.95. The summed E-state index contributed by atoms with van der Waals surface area (Å²) in [6, 6.07) is 15.1. The Morgan fingerprint density at radius 3 is 2.78 bits per heavy atom. The molecule has 0 spiro atoms. The highest BCUT2D eigenvalue weighted by Crippen LogP contribution is 2.33. The third kappa shape index (κ3) is 3.27. The van der Waals surface area contributed by atoms with Gasteiger partial charge >= 0.3 is 11.8 Å². The largest absolute Gasteiger partial charge is 0.497 e. The van der Waals surface area contributed by atoms with Gasteiger partial charge in [-0.3, -0.25) is 4.79 Å². The standard InChI is InChI=1S/C20H17N3O4/c1-12-15-10-14(25-2)8-9-16(15)26-17(12)18-22-20(27-23-18)19(24)21-11-13-6-4-3-5-7-13/h3-10H,11H2,1-2H3,(H,21,24). The molecule has 27 heavy (non-hydrogen) atoms. The summed E-state index contributed by atoms with van der Waals surface area (Å²) in [6.45, 7) is 2.27. The van der Waals surface area contributed by atoms with Crippen LogP contribution in [0.4, 0.5) is 0 Å². The third-order valence-electron chi connectivity index (χ3n) is 4.26. The fourth-order valence-electron chi connectivity index (χ4n) is 2.80. The van der Waals surface area contributed by atoms with Gasteiger partial charge in [0.1, 0.15) is 11.3 Å². The van der Waals surface area contributed by atoms with E-state index in [1.54, 1.807) is 7.11 Å². The van der Waals surface area contributed by atoms with Gasteiger partial charge in [0.2, 0.25) is 5.82 Å². The summed E-state index contributed by atoms with van der Waals surface area (Å²) in [4.78, 5) is 16.4. The molecule has 2 aromatic carbocycles. The highest BCUT2D eigenvalue weighted by Gasteiger charge is 2.21. The van der Waals surface area contributed by atoms with Crippen LogP contribution in [-0.2, 0) is 6.54 Å². The lowest BCUT2D eigenvalue weighted by Crippen LogP contribution is -2.23. The van der Waals surface area contributed by atoms with Gasteiger partial charge in [0.25, 0.3) is 0 Å². The highest BCUT2D eigenvalue weighted by molar-refractivity contribution is 5.91. The Morgan fingerprint density at radius 1 is 1.19 bits per heavy atom. The number of carbonyl (C=O) groups is 1. The van der Waals surface area contributed by atoms with E-state index >= 15 is 0 Å². The molecule has 0 bridgehead atoms. The number of methoxy groups -OCH3 is 1. The molecule has 136 valence electrons. The van der Waals surface area contributed by atoms with Crippen LogP contribution in [0.3, 0.4) is 0 Å². The molecule has 0 radical (unpaired) electrons. The summed E-state index contributed by atoms with van der Waals surface area (Å²) in [7, 11) is 1.61. The number of hydrogen-bond acceptors (Lipinski definition) is 6. The Bertz CT molecular complexity index is 1100. The van der Waals surface area contributed by atoms with E-state index in [9.17, 15) is 4.79 Å². The number of benzene rings is 2. The molecule has 0 aliphatic carbocycles. The summed E-state index contributed by atoms with van der Waals surface area (Å²) >= 11 is 0. The first-order valence-corrected chi connectivity index (χ1v) is 8.39. The Morgan fingerprint density at radius 2 is 2.00 bits per heavy atom. The Hall–Kier alpha value is -3.61. The summed E-state index contributed by atoms with van der Waals surface area (Å²) in [5.41, 5.74) is 2.51.